The van der Waals surface area contributed by atoms with Gasteiger partial charge in [-0.1, -0.05) is 5.92 Å². The molecule has 1 saturated heterocycles. The van der Waals surface area contributed by atoms with Gasteiger partial charge in [-0.3, -0.25) is 4.79 Å². The third-order valence-corrected chi connectivity index (χ3v) is 2.59. The van der Waals surface area contributed by atoms with Crippen molar-refractivity contribution < 1.29 is 9.21 Å². The summed E-state index contributed by atoms with van der Waals surface area (Å²) in [7, 11) is 0. The van der Waals surface area contributed by atoms with Crippen LogP contribution in [-0.2, 0) is 0 Å². The fourth-order valence-corrected chi connectivity index (χ4v) is 1.71. The Bertz CT molecular complexity index is 427. The summed E-state index contributed by atoms with van der Waals surface area (Å²) >= 11 is 0. The van der Waals surface area contributed by atoms with E-state index in [1.165, 1.54) is 0 Å². The van der Waals surface area contributed by atoms with Gasteiger partial charge in [0.2, 0.25) is 0 Å². The van der Waals surface area contributed by atoms with Crippen LogP contribution >= 0.6 is 0 Å². The molecule has 0 saturated carbocycles. The Morgan fingerprint density at radius 2 is 2.29 bits per heavy atom. The molecule has 5 heteroatoms. The van der Waals surface area contributed by atoms with E-state index in [4.69, 9.17) is 10.8 Å². The summed E-state index contributed by atoms with van der Waals surface area (Å²) < 4.78 is 5.38. The number of amides is 1. The second kappa shape index (κ2) is 5.41. The number of anilines is 1. The molecule has 0 spiro atoms. The molecule has 1 aliphatic rings. The van der Waals surface area contributed by atoms with Crippen molar-refractivity contribution in [3.8, 4) is 12.3 Å². The molecular weight excluding hydrogens is 218 g/mol. The van der Waals surface area contributed by atoms with Crippen molar-refractivity contribution in [1.29, 1.82) is 0 Å². The number of hydrogen-bond acceptors (Lipinski definition) is 4. The highest BCUT2D eigenvalue weighted by atomic mass is 16.4. The van der Waals surface area contributed by atoms with Gasteiger partial charge in [-0.25, -0.2) is 0 Å². The van der Waals surface area contributed by atoms with Crippen LogP contribution in [0.1, 0.15) is 10.6 Å². The van der Waals surface area contributed by atoms with Gasteiger partial charge in [-0.05, 0) is 6.07 Å². The van der Waals surface area contributed by atoms with Gasteiger partial charge in [0.1, 0.15) is 0 Å². The monoisotopic (exact) mass is 233 g/mol. The lowest BCUT2D eigenvalue weighted by Gasteiger charge is -2.26. The zero-order valence-corrected chi connectivity index (χ0v) is 9.53. The molecule has 1 aliphatic heterocycles. The molecule has 0 aliphatic carbocycles. The van der Waals surface area contributed by atoms with E-state index in [-0.39, 0.29) is 5.91 Å². The number of furan rings is 1. The van der Waals surface area contributed by atoms with E-state index in [0.717, 1.165) is 13.1 Å². The van der Waals surface area contributed by atoms with Crippen LogP contribution in [0.15, 0.2) is 16.5 Å². The van der Waals surface area contributed by atoms with Crippen molar-refractivity contribution in [3.05, 3.63) is 17.9 Å². The number of nitrogens with zero attached hydrogens (tertiary/aromatic N) is 1. The summed E-state index contributed by atoms with van der Waals surface area (Å²) in [6, 6.07) is 3.38. The largest absolute Gasteiger partial charge is 0.436 e. The number of nitrogens with one attached hydrogen (secondary N) is 2. The highest BCUT2D eigenvalue weighted by Crippen LogP contribution is 2.15. The first kappa shape index (κ1) is 11.6. The summed E-state index contributed by atoms with van der Waals surface area (Å²) in [6.07, 6.45) is 5.12. The van der Waals surface area contributed by atoms with Crippen molar-refractivity contribution in [3.63, 3.8) is 0 Å². The fraction of sp³-hybridized carbons (Fsp3) is 0.417. The zero-order valence-electron chi connectivity index (χ0n) is 9.53. The SMILES string of the molecule is C#CCNc1ccc(C(=O)N2CCNCC2)o1. The Morgan fingerprint density at radius 3 is 3.00 bits per heavy atom. The summed E-state index contributed by atoms with van der Waals surface area (Å²) in [5.41, 5.74) is 0. The van der Waals surface area contributed by atoms with E-state index in [1.807, 2.05) is 0 Å². The molecule has 0 aromatic carbocycles. The normalized spacial score (nSPS) is 15.4. The van der Waals surface area contributed by atoms with Crippen LogP contribution in [0, 0.1) is 12.3 Å². The average Bonchev–Trinajstić information content (AvgIpc) is 2.85. The molecule has 0 atom stereocenters. The van der Waals surface area contributed by atoms with Crippen LogP contribution in [0.2, 0.25) is 0 Å². The van der Waals surface area contributed by atoms with Crippen molar-refractivity contribution in [2.45, 2.75) is 0 Å². The zero-order chi connectivity index (χ0) is 12.1. The maximum atomic E-state index is 12.0. The minimum Gasteiger partial charge on any atom is -0.436 e. The maximum absolute atomic E-state index is 12.0. The topological polar surface area (TPSA) is 57.5 Å². The molecule has 0 unspecified atom stereocenters. The summed E-state index contributed by atoms with van der Waals surface area (Å²) in [5.74, 6) is 3.26. The van der Waals surface area contributed by atoms with E-state index < -0.39 is 0 Å². The van der Waals surface area contributed by atoms with Gasteiger partial charge in [0.15, 0.2) is 11.6 Å². The van der Waals surface area contributed by atoms with Crippen LogP contribution in [0.4, 0.5) is 5.88 Å². The highest BCUT2D eigenvalue weighted by Gasteiger charge is 2.20. The molecule has 0 bridgehead atoms. The Hall–Kier alpha value is -1.93. The highest BCUT2D eigenvalue weighted by molar-refractivity contribution is 5.92. The van der Waals surface area contributed by atoms with Crippen LogP contribution in [0.25, 0.3) is 0 Å². The van der Waals surface area contributed by atoms with Gasteiger partial charge >= 0.3 is 0 Å². The van der Waals surface area contributed by atoms with Crippen molar-refractivity contribution in [2.75, 3.05) is 38.0 Å². The average molecular weight is 233 g/mol. The standard InChI is InChI=1S/C12H15N3O2/c1-2-5-14-11-4-3-10(17-11)12(16)15-8-6-13-7-9-15/h1,3-4,13-14H,5-9H2. The number of rotatable bonds is 3. The second-order valence-electron chi connectivity index (χ2n) is 3.76. The molecule has 1 aromatic heterocycles. The first-order valence-corrected chi connectivity index (χ1v) is 5.58. The van der Waals surface area contributed by atoms with Crippen LogP contribution in [0.5, 0.6) is 0 Å². The van der Waals surface area contributed by atoms with Crippen LogP contribution in [-0.4, -0.2) is 43.5 Å². The minimum atomic E-state index is -0.0692. The Labute approximate surface area is 100 Å². The van der Waals surface area contributed by atoms with Crippen molar-refractivity contribution in [1.82, 2.24) is 10.2 Å². The van der Waals surface area contributed by atoms with Crippen LogP contribution in [0.3, 0.4) is 0 Å². The molecule has 90 valence electrons. The number of piperazine rings is 1. The smallest absolute Gasteiger partial charge is 0.289 e. The third kappa shape index (κ3) is 2.80. The minimum absolute atomic E-state index is 0.0692. The quantitative estimate of drug-likeness (QED) is 0.741. The van der Waals surface area contributed by atoms with E-state index >= 15 is 0 Å². The van der Waals surface area contributed by atoms with Gasteiger partial charge < -0.3 is 20.0 Å². The molecule has 2 heterocycles. The van der Waals surface area contributed by atoms with E-state index in [1.54, 1.807) is 17.0 Å². The molecule has 2 rings (SSSR count). The lowest BCUT2D eigenvalue weighted by Crippen LogP contribution is -2.46. The third-order valence-electron chi connectivity index (χ3n) is 2.59. The second-order valence-corrected chi connectivity index (χ2v) is 3.76. The predicted octanol–water partition coefficient (Wildman–Crippen LogP) is 0.370. The summed E-state index contributed by atoms with van der Waals surface area (Å²) in [5, 5.41) is 6.08. The van der Waals surface area contributed by atoms with Gasteiger partial charge in [-0.2, -0.15) is 0 Å². The molecule has 1 amide bonds. The molecule has 5 nitrogen and oxygen atoms in total. The number of terminal acetylenes is 1. The number of hydrogen-bond donors (Lipinski definition) is 2. The number of carbonyl (C=O) groups excluding carboxylic acids is 1. The molecular formula is C12H15N3O2. The Balaban J connectivity index is 1.99. The molecule has 17 heavy (non-hydrogen) atoms. The first-order valence-electron chi connectivity index (χ1n) is 5.58. The molecule has 0 radical (unpaired) electrons. The van der Waals surface area contributed by atoms with Crippen LogP contribution < -0.4 is 10.6 Å². The number of carbonyl (C=O) groups is 1. The molecule has 1 fully saturated rings. The van der Waals surface area contributed by atoms with Crippen molar-refractivity contribution >= 4 is 11.8 Å². The fourth-order valence-electron chi connectivity index (χ4n) is 1.71. The molecule has 1 aromatic rings. The predicted molar refractivity (Wildman–Crippen MR) is 64.8 cm³/mol. The van der Waals surface area contributed by atoms with Gasteiger partial charge in [0.05, 0.1) is 6.54 Å². The Kier molecular flexibility index (Phi) is 3.68. The van der Waals surface area contributed by atoms with Gasteiger partial charge in [0, 0.05) is 32.2 Å². The van der Waals surface area contributed by atoms with E-state index in [2.05, 4.69) is 16.6 Å². The summed E-state index contributed by atoms with van der Waals surface area (Å²) in [6.45, 7) is 3.47. The van der Waals surface area contributed by atoms with Crippen molar-refractivity contribution in [2.24, 2.45) is 0 Å². The maximum Gasteiger partial charge on any atom is 0.289 e. The summed E-state index contributed by atoms with van der Waals surface area (Å²) in [4.78, 5) is 13.8. The van der Waals surface area contributed by atoms with Gasteiger partial charge in [-0.15, -0.1) is 6.42 Å². The first-order chi connectivity index (χ1) is 8.31. The Morgan fingerprint density at radius 1 is 1.53 bits per heavy atom. The van der Waals surface area contributed by atoms with Gasteiger partial charge in [0.25, 0.3) is 5.91 Å². The van der Waals surface area contributed by atoms with E-state index in [0.29, 0.717) is 31.3 Å². The molecule has 2 N–H and O–H groups in total. The lowest BCUT2D eigenvalue weighted by molar-refractivity contribution is 0.0705. The van der Waals surface area contributed by atoms with E-state index in [9.17, 15) is 4.79 Å². The lowest BCUT2D eigenvalue weighted by atomic mass is 10.3.